The molecule has 0 bridgehead atoms. The summed E-state index contributed by atoms with van der Waals surface area (Å²) < 4.78 is 25.4. The number of aliphatic hydroxyl groups is 2. The zero-order valence-corrected chi connectivity index (χ0v) is 19.4. The maximum absolute atomic E-state index is 13.4. The van der Waals surface area contributed by atoms with Crippen LogP contribution in [-0.4, -0.2) is 46.1 Å². The van der Waals surface area contributed by atoms with Crippen molar-refractivity contribution in [2.24, 2.45) is 0 Å². The fourth-order valence-corrected chi connectivity index (χ4v) is 4.43. The van der Waals surface area contributed by atoms with Crippen molar-refractivity contribution in [3.63, 3.8) is 0 Å². The lowest BCUT2D eigenvalue weighted by molar-refractivity contribution is -0.192. The zero-order chi connectivity index (χ0) is 24.0. The Kier molecular flexibility index (Phi) is 7.83. The van der Waals surface area contributed by atoms with Crippen molar-refractivity contribution in [2.45, 2.75) is 50.7 Å². The van der Waals surface area contributed by atoms with Gasteiger partial charge in [-0.05, 0) is 60.4 Å². The summed E-state index contributed by atoms with van der Waals surface area (Å²) >= 11 is 0. The van der Waals surface area contributed by atoms with Crippen molar-refractivity contribution < 1.29 is 24.1 Å². The Morgan fingerprint density at radius 2 is 1.62 bits per heavy atom. The average molecular weight is 466 g/mol. The van der Waals surface area contributed by atoms with Crippen molar-refractivity contribution >= 4 is 0 Å². The highest BCUT2D eigenvalue weighted by atomic mass is 19.1. The molecule has 4 rings (SSSR count). The number of halogens is 1. The quantitative estimate of drug-likeness (QED) is 0.485. The number of piperidine rings is 1. The van der Waals surface area contributed by atoms with Crippen LogP contribution in [0.3, 0.4) is 0 Å². The Hall–Kier alpha value is -2.93. The molecule has 0 saturated carbocycles. The van der Waals surface area contributed by atoms with Gasteiger partial charge in [0.1, 0.15) is 35.8 Å². The molecular formula is C28H32FNO4. The van der Waals surface area contributed by atoms with E-state index in [-0.39, 0.29) is 12.2 Å². The summed E-state index contributed by atoms with van der Waals surface area (Å²) in [6.45, 7) is 3.78. The number of ether oxygens (including phenoxy) is 2. The van der Waals surface area contributed by atoms with Gasteiger partial charge in [0.15, 0.2) is 6.10 Å². The van der Waals surface area contributed by atoms with Crippen molar-refractivity contribution in [1.82, 2.24) is 4.90 Å². The maximum Gasteiger partial charge on any atom is 0.167 e. The fourth-order valence-electron chi connectivity index (χ4n) is 4.43. The van der Waals surface area contributed by atoms with E-state index >= 15 is 0 Å². The van der Waals surface area contributed by atoms with Crippen LogP contribution < -0.4 is 9.47 Å². The summed E-state index contributed by atoms with van der Waals surface area (Å²) in [4.78, 5) is 1.93. The SMILES string of the molecule is CCCN1CCC(O)(Cc2ccc(F)cc2)C(Oc2ccc(OCc3ccccc3)cc2)C1O. The largest absolute Gasteiger partial charge is 0.489 e. The van der Waals surface area contributed by atoms with Gasteiger partial charge in [0.2, 0.25) is 0 Å². The smallest absolute Gasteiger partial charge is 0.167 e. The fraction of sp³-hybridized carbons (Fsp3) is 0.357. The summed E-state index contributed by atoms with van der Waals surface area (Å²) in [6, 6.07) is 23.2. The number of hydrogen-bond acceptors (Lipinski definition) is 5. The Bertz CT molecular complexity index is 1030. The van der Waals surface area contributed by atoms with Crippen molar-refractivity contribution in [3.8, 4) is 11.5 Å². The lowest BCUT2D eigenvalue weighted by atomic mass is 9.81. The van der Waals surface area contributed by atoms with E-state index in [1.54, 1.807) is 24.3 Å². The second-order valence-corrected chi connectivity index (χ2v) is 8.89. The molecule has 0 amide bonds. The normalized spacial score (nSPS) is 22.9. The van der Waals surface area contributed by atoms with E-state index in [0.717, 1.165) is 17.5 Å². The molecule has 3 atom stereocenters. The van der Waals surface area contributed by atoms with Crippen LogP contribution in [0, 0.1) is 5.82 Å². The van der Waals surface area contributed by atoms with E-state index in [4.69, 9.17) is 9.47 Å². The van der Waals surface area contributed by atoms with Crippen LogP contribution in [0.5, 0.6) is 11.5 Å². The lowest BCUT2D eigenvalue weighted by Gasteiger charge is -2.47. The van der Waals surface area contributed by atoms with Crippen LogP contribution in [0.1, 0.15) is 30.9 Å². The zero-order valence-electron chi connectivity index (χ0n) is 19.4. The molecule has 1 saturated heterocycles. The third-order valence-corrected chi connectivity index (χ3v) is 6.28. The second-order valence-electron chi connectivity index (χ2n) is 8.89. The van der Waals surface area contributed by atoms with Gasteiger partial charge in [0.25, 0.3) is 0 Å². The lowest BCUT2D eigenvalue weighted by Crippen LogP contribution is -2.64. The van der Waals surface area contributed by atoms with Gasteiger partial charge in [-0.25, -0.2) is 4.39 Å². The molecule has 34 heavy (non-hydrogen) atoms. The first-order valence-corrected chi connectivity index (χ1v) is 11.8. The first kappa shape index (κ1) is 24.2. The topological polar surface area (TPSA) is 62.2 Å². The predicted octanol–water partition coefficient (Wildman–Crippen LogP) is 4.56. The minimum absolute atomic E-state index is 0.257. The molecule has 0 spiro atoms. The van der Waals surface area contributed by atoms with Crippen LogP contribution in [-0.2, 0) is 13.0 Å². The maximum atomic E-state index is 13.4. The Labute approximate surface area is 200 Å². The third kappa shape index (κ3) is 5.95. The average Bonchev–Trinajstić information content (AvgIpc) is 2.85. The van der Waals surface area contributed by atoms with Gasteiger partial charge in [-0.15, -0.1) is 0 Å². The molecule has 5 nitrogen and oxygen atoms in total. The van der Waals surface area contributed by atoms with E-state index in [2.05, 4.69) is 6.92 Å². The van der Waals surface area contributed by atoms with Crippen LogP contribution in [0.2, 0.25) is 0 Å². The van der Waals surface area contributed by atoms with Gasteiger partial charge in [-0.2, -0.15) is 0 Å². The molecular weight excluding hydrogens is 433 g/mol. The summed E-state index contributed by atoms with van der Waals surface area (Å²) in [5.41, 5.74) is 0.567. The number of nitrogens with zero attached hydrogens (tertiary/aromatic N) is 1. The second kappa shape index (κ2) is 11.0. The number of rotatable bonds is 9. The molecule has 3 aromatic rings. The van der Waals surface area contributed by atoms with Gasteiger partial charge in [-0.3, -0.25) is 4.90 Å². The van der Waals surface area contributed by atoms with E-state index in [1.807, 2.05) is 47.4 Å². The minimum Gasteiger partial charge on any atom is -0.489 e. The molecule has 2 N–H and O–H groups in total. The molecule has 0 radical (unpaired) electrons. The number of hydrogen-bond donors (Lipinski definition) is 2. The highest BCUT2D eigenvalue weighted by molar-refractivity contribution is 5.32. The molecule has 1 aliphatic heterocycles. The summed E-state index contributed by atoms with van der Waals surface area (Å²) in [6.07, 6.45) is -0.257. The third-order valence-electron chi connectivity index (χ3n) is 6.28. The molecule has 3 unspecified atom stereocenters. The number of benzene rings is 3. The van der Waals surface area contributed by atoms with Crippen LogP contribution in [0.25, 0.3) is 0 Å². The first-order valence-electron chi connectivity index (χ1n) is 11.8. The standard InChI is InChI=1S/C28H32FNO4/c1-2-17-30-18-16-28(32,19-21-8-10-23(29)11-9-21)26(27(30)31)34-25-14-12-24(13-15-25)33-20-22-6-4-3-5-7-22/h3-15,26-27,31-32H,2,16-20H2,1H3. The number of likely N-dealkylation sites (tertiary alicyclic amines) is 1. The Balaban J connectivity index is 1.48. The van der Waals surface area contributed by atoms with E-state index in [0.29, 0.717) is 37.6 Å². The van der Waals surface area contributed by atoms with Gasteiger partial charge in [-0.1, -0.05) is 49.4 Å². The molecule has 180 valence electrons. The van der Waals surface area contributed by atoms with Gasteiger partial charge < -0.3 is 19.7 Å². The molecule has 0 aromatic heterocycles. The van der Waals surface area contributed by atoms with Crippen molar-refractivity contribution in [1.29, 1.82) is 0 Å². The van der Waals surface area contributed by atoms with Gasteiger partial charge in [0, 0.05) is 19.5 Å². The summed E-state index contributed by atoms with van der Waals surface area (Å²) in [5, 5.41) is 22.7. The monoisotopic (exact) mass is 465 g/mol. The molecule has 1 aliphatic rings. The van der Waals surface area contributed by atoms with E-state index in [1.165, 1.54) is 12.1 Å². The molecule has 6 heteroatoms. The Morgan fingerprint density at radius 1 is 0.941 bits per heavy atom. The first-order chi connectivity index (χ1) is 16.5. The Morgan fingerprint density at radius 3 is 2.29 bits per heavy atom. The minimum atomic E-state index is -1.30. The van der Waals surface area contributed by atoms with Crippen LogP contribution in [0.4, 0.5) is 4.39 Å². The van der Waals surface area contributed by atoms with Crippen molar-refractivity contribution in [2.75, 3.05) is 13.1 Å². The number of aliphatic hydroxyl groups excluding tert-OH is 1. The highest BCUT2D eigenvalue weighted by Gasteiger charge is 2.48. The predicted molar refractivity (Wildman–Crippen MR) is 129 cm³/mol. The van der Waals surface area contributed by atoms with E-state index in [9.17, 15) is 14.6 Å². The van der Waals surface area contributed by atoms with E-state index < -0.39 is 17.9 Å². The molecule has 3 aromatic carbocycles. The summed E-state index contributed by atoms with van der Waals surface area (Å²) in [5.74, 6) is 0.914. The molecule has 1 fully saturated rings. The van der Waals surface area contributed by atoms with Crippen LogP contribution >= 0.6 is 0 Å². The van der Waals surface area contributed by atoms with Gasteiger partial charge >= 0.3 is 0 Å². The highest BCUT2D eigenvalue weighted by Crippen LogP contribution is 2.34. The van der Waals surface area contributed by atoms with Gasteiger partial charge in [0.05, 0.1) is 0 Å². The summed E-state index contributed by atoms with van der Waals surface area (Å²) in [7, 11) is 0. The van der Waals surface area contributed by atoms with Crippen molar-refractivity contribution in [3.05, 3.63) is 95.8 Å². The van der Waals surface area contributed by atoms with Crippen LogP contribution in [0.15, 0.2) is 78.9 Å². The molecule has 1 heterocycles. The molecule has 0 aliphatic carbocycles.